The van der Waals surface area contributed by atoms with Gasteiger partial charge in [0.2, 0.25) is 0 Å². The van der Waals surface area contributed by atoms with Crippen LogP contribution in [0.4, 0.5) is 10.5 Å². The number of aromatic nitrogens is 3. The predicted molar refractivity (Wildman–Crippen MR) is 92.2 cm³/mol. The van der Waals surface area contributed by atoms with Crippen molar-refractivity contribution in [2.45, 2.75) is 19.5 Å². The van der Waals surface area contributed by atoms with Gasteiger partial charge in [0.25, 0.3) is 0 Å². The number of carbonyl (C=O) groups is 1. The number of hydrogen-bond acceptors (Lipinski definition) is 3. The molecule has 0 bridgehead atoms. The number of pyridine rings is 1. The normalized spacial score (nSPS) is 11.7. The Morgan fingerprint density at radius 1 is 1.21 bits per heavy atom. The van der Waals surface area contributed by atoms with Crippen molar-refractivity contribution < 1.29 is 4.79 Å². The molecule has 1 atom stereocenters. The van der Waals surface area contributed by atoms with Gasteiger partial charge in [0.15, 0.2) is 0 Å². The highest BCUT2D eigenvalue weighted by molar-refractivity contribution is 5.89. The summed E-state index contributed by atoms with van der Waals surface area (Å²) in [5, 5.41) is 9.40. The summed E-state index contributed by atoms with van der Waals surface area (Å²) >= 11 is 0. The Morgan fingerprint density at radius 2 is 2.00 bits per heavy atom. The maximum Gasteiger partial charge on any atom is 0.322 e. The predicted octanol–water partition coefficient (Wildman–Crippen LogP) is 3.60. The molecule has 0 aliphatic rings. The topological polar surface area (TPSA) is 73.9 Å². The lowest BCUT2D eigenvalue weighted by molar-refractivity contribution is 0.188. The summed E-state index contributed by atoms with van der Waals surface area (Å²) in [7, 11) is 0. The van der Waals surface area contributed by atoms with Crippen LogP contribution in [0.25, 0.3) is 0 Å². The highest BCUT2D eigenvalue weighted by atomic mass is 16.2. The van der Waals surface area contributed by atoms with Gasteiger partial charge < -0.3 is 10.2 Å². The number of rotatable bonds is 5. The molecule has 2 heterocycles. The van der Waals surface area contributed by atoms with E-state index in [9.17, 15) is 4.79 Å². The first-order valence-corrected chi connectivity index (χ1v) is 7.75. The first-order chi connectivity index (χ1) is 11.7. The Hall–Kier alpha value is -3.15. The summed E-state index contributed by atoms with van der Waals surface area (Å²) in [5.74, 6) is 0. The molecule has 3 aromatic rings. The Morgan fingerprint density at radius 3 is 2.67 bits per heavy atom. The monoisotopic (exact) mass is 321 g/mol. The molecule has 2 aromatic heterocycles. The maximum atomic E-state index is 12.8. The van der Waals surface area contributed by atoms with Crippen molar-refractivity contribution in [1.29, 1.82) is 0 Å². The fraction of sp³-hybridized carbons (Fsp3) is 0.167. The van der Waals surface area contributed by atoms with Crippen LogP contribution in [0.2, 0.25) is 0 Å². The number of benzene rings is 1. The average molecular weight is 321 g/mol. The Kier molecular flexibility index (Phi) is 4.86. The first kappa shape index (κ1) is 15.7. The van der Waals surface area contributed by atoms with Crippen molar-refractivity contribution in [3.63, 3.8) is 0 Å². The molecule has 0 unspecified atom stereocenters. The van der Waals surface area contributed by atoms with Crippen LogP contribution in [0.5, 0.6) is 0 Å². The smallest absolute Gasteiger partial charge is 0.312 e. The van der Waals surface area contributed by atoms with Gasteiger partial charge in [-0.2, -0.15) is 5.10 Å². The summed E-state index contributed by atoms with van der Waals surface area (Å²) < 4.78 is 0. The largest absolute Gasteiger partial charge is 0.322 e. The second kappa shape index (κ2) is 7.41. The molecule has 6 nitrogen and oxygen atoms in total. The highest BCUT2D eigenvalue weighted by Gasteiger charge is 2.23. The molecule has 2 N–H and O–H groups in total. The number of anilines is 1. The number of aromatic amines is 1. The molecule has 1 aromatic carbocycles. The van der Waals surface area contributed by atoms with Crippen LogP contribution in [0, 0.1) is 0 Å². The van der Waals surface area contributed by atoms with Gasteiger partial charge in [0.1, 0.15) is 0 Å². The first-order valence-electron chi connectivity index (χ1n) is 7.75. The van der Waals surface area contributed by atoms with Crippen LogP contribution >= 0.6 is 0 Å². The van der Waals surface area contributed by atoms with Crippen molar-refractivity contribution in [3.05, 3.63) is 78.4 Å². The van der Waals surface area contributed by atoms with E-state index in [0.29, 0.717) is 12.2 Å². The SMILES string of the molecule is C[C@@H](c1ccccn1)N(Cc1ccccc1)C(=O)Nc1cn[nH]c1. The molecule has 0 spiro atoms. The van der Waals surface area contributed by atoms with Gasteiger partial charge >= 0.3 is 6.03 Å². The molecule has 24 heavy (non-hydrogen) atoms. The van der Waals surface area contributed by atoms with E-state index in [0.717, 1.165) is 11.3 Å². The number of H-pyrrole nitrogens is 1. The van der Waals surface area contributed by atoms with Crippen LogP contribution in [0.3, 0.4) is 0 Å². The van der Waals surface area contributed by atoms with Gasteiger partial charge in [-0.1, -0.05) is 36.4 Å². The molecular weight excluding hydrogens is 302 g/mol. The minimum Gasteiger partial charge on any atom is -0.312 e. The van der Waals surface area contributed by atoms with E-state index >= 15 is 0 Å². The van der Waals surface area contributed by atoms with Gasteiger partial charge in [0, 0.05) is 18.9 Å². The quantitative estimate of drug-likeness (QED) is 0.754. The molecular formula is C18H19N5O. The van der Waals surface area contributed by atoms with Crippen molar-refractivity contribution in [2.24, 2.45) is 0 Å². The third kappa shape index (κ3) is 3.78. The van der Waals surface area contributed by atoms with E-state index in [1.807, 2.05) is 55.5 Å². The molecule has 0 saturated heterocycles. The zero-order valence-corrected chi connectivity index (χ0v) is 13.4. The Labute approximate surface area is 140 Å². The van der Waals surface area contributed by atoms with Crippen LogP contribution in [0.15, 0.2) is 67.1 Å². The van der Waals surface area contributed by atoms with Crippen molar-refractivity contribution in [2.75, 3.05) is 5.32 Å². The fourth-order valence-electron chi connectivity index (χ4n) is 2.46. The summed E-state index contributed by atoms with van der Waals surface area (Å²) in [4.78, 5) is 18.9. The molecule has 0 saturated carbocycles. The summed E-state index contributed by atoms with van der Waals surface area (Å²) in [6, 6.07) is 15.2. The molecule has 122 valence electrons. The number of amides is 2. The highest BCUT2D eigenvalue weighted by Crippen LogP contribution is 2.22. The zero-order valence-electron chi connectivity index (χ0n) is 13.4. The number of urea groups is 1. The van der Waals surface area contributed by atoms with Gasteiger partial charge in [-0.3, -0.25) is 10.1 Å². The Balaban J connectivity index is 1.83. The van der Waals surface area contributed by atoms with Crippen molar-refractivity contribution in [1.82, 2.24) is 20.1 Å². The van der Waals surface area contributed by atoms with Crippen LogP contribution < -0.4 is 5.32 Å². The molecule has 2 amide bonds. The van der Waals surface area contributed by atoms with E-state index in [-0.39, 0.29) is 12.1 Å². The summed E-state index contributed by atoms with van der Waals surface area (Å²) in [6.45, 7) is 2.46. The number of nitrogens with one attached hydrogen (secondary N) is 2. The van der Waals surface area contributed by atoms with Crippen LogP contribution in [-0.4, -0.2) is 26.1 Å². The molecule has 0 aliphatic carbocycles. The van der Waals surface area contributed by atoms with E-state index in [1.165, 1.54) is 0 Å². The summed E-state index contributed by atoms with van der Waals surface area (Å²) in [5.41, 5.74) is 2.53. The van der Waals surface area contributed by atoms with Gasteiger partial charge in [-0.15, -0.1) is 0 Å². The van der Waals surface area contributed by atoms with Gasteiger partial charge in [0.05, 0.1) is 23.6 Å². The van der Waals surface area contributed by atoms with Crippen molar-refractivity contribution >= 4 is 11.7 Å². The lowest BCUT2D eigenvalue weighted by Crippen LogP contribution is -2.36. The van der Waals surface area contributed by atoms with Crippen molar-refractivity contribution in [3.8, 4) is 0 Å². The van der Waals surface area contributed by atoms with Gasteiger partial charge in [-0.25, -0.2) is 4.79 Å². The molecule has 0 aliphatic heterocycles. The molecule has 0 fully saturated rings. The van der Waals surface area contributed by atoms with E-state index in [2.05, 4.69) is 20.5 Å². The lowest BCUT2D eigenvalue weighted by Gasteiger charge is -2.29. The second-order valence-corrected chi connectivity index (χ2v) is 5.46. The van der Waals surface area contributed by atoms with E-state index in [1.54, 1.807) is 23.5 Å². The molecule has 3 rings (SSSR count). The maximum absolute atomic E-state index is 12.8. The third-order valence-corrected chi connectivity index (χ3v) is 3.79. The average Bonchev–Trinajstić information content (AvgIpc) is 3.13. The van der Waals surface area contributed by atoms with Crippen LogP contribution in [0.1, 0.15) is 24.2 Å². The van der Waals surface area contributed by atoms with Gasteiger partial charge in [-0.05, 0) is 24.6 Å². The van der Waals surface area contributed by atoms with Crippen LogP contribution in [-0.2, 0) is 6.54 Å². The second-order valence-electron chi connectivity index (χ2n) is 5.46. The fourth-order valence-corrected chi connectivity index (χ4v) is 2.46. The lowest BCUT2D eigenvalue weighted by atomic mass is 10.1. The summed E-state index contributed by atoms with van der Waals surface area (Å²) in [6.07, 6.45) is 4.95. The third-order valence-electron chi connectivity index (χ3n) is 3.79. The zero-order chi connectivity index (χ0) is 16.8. The minimum absolute atomic E-state index is 0.168. The van der Waals surface area contributed by atoms with E-state index < -0.39 is 0 Å². The van der Waals surface area contributed by atoms with E-state index in [4.69, 9.17) is 0 Å². The number of hydrogen-bond donors (Lipinski definition) is 2. The number of nitrogens with zero attached hydrogens (tertiary/aromatic N) is 3. The number of carbonyl (C=O) groups excluding carboxylic acids is 1. The standard InChI is InChI=1S/C18H19N5O/c1-14(17-9-5-6-10-19-17)23(13-15-7-3-2-4-8-15)18(24)22-16-11-20-21-12-16/h2-12,14H,13H2,1H3,(H,20,21)(H,22,24)/t14-/m0/s1. The molecule has 6 heteroatoms. The molecule has 0 radical (unpaired) electrons. The minimum atomic E-state index is -0.196. The Bertz CT molecular complexity index is 759.